The molecule has 0 fully saturated rings. The molecule has 2 unspecified atom stereocenters. The van der Waals surface area contributed by atoms with E-state index in [1.54, 1.807) is 6.92 Å². The van der Waals surface area contributed by atoms with Crippen LogP contribution < -0.4 is 17.2 Å². The Bertz CT molecular complexity index is 168. The van der Waals surface area contributed by atoms with Crippen LogP contribution in [0.2, 0.25) is 0 Å². The molecule has 0 aliphatic rings. The van der Waals surface area contributed by atoms with Crippen LogP contribution in [0.3, 0.4) is 0 Å². The molecule has 6 nitrogen and oxygen atoms in total. The molecule has 0 aliphatic heterocycles. The summed E-state index contributed by atoms with van der Waals surface area (Å²) in [6.07, 6.45) is -0.544. The average molecular weight is 191 g/mol. The minimum atomic E-state index is -0.600. The summed E-state index contributed by atoms with van der Waals surface area (Å²) in [7, 11) is 0. The van der Waals surface area contributed by atoms with Crippen LogP contribution in [-0.4, -0.2) is 29.1 Å². The van der Waals surface area contributed by atoms with Crippen molar-refractivity contribution in [2.75, 3.05) is 0 Å². The summed E-state index contributed by atoms with van der Waals surface area (Å²) in [6.45, 7) is 3.06. The van der Waals surface area contributed by atoms with Gasteiger partial charge >= 0.3 is 0 Å². The zero-order valence-corrected chi connectivity index (χ0v) is 7.86. The topological polar surface area (TPSA) is 132 Å². The molecule has 13 heavy (non-hydrogen) atoms. The van der Waals surface area contributed by atoms with E-state index in [4.69, 9.17) is 16.6 Å². The van der Waals surface area contributed by atoms with Gasteiger partial charge in [-0.3, -0.25) is 9.59 Å². The summed E-state index contributed by atoms with van der Waals surface area (Å²) in [4.78, 5) is 19.7. The molecular weight excluding hydrogens is 174 g/mol. The maximum absolute atomic E-state index is 9.87. The molecule has 6 heteroatoms. The number of hydrogen-bond acceptors (Lipinski definition) is 4. The zero-order chi connectivity index (χ0) is 11.0. The van der Waals surface area contributed by atoms with Gasteiger partial charge in [-0.15, -0.1) is 0 Å². The molecule has 0 rings (SSSR count). The first kappa shape index (κ1) is 14.4. The SMILES string of the molecule is CC(N)C(N)=O.CC(O)CC(N)=O. The first-order valence-corrected chi connectivity index (χ1v) is 3.78. The number of rotatable bonds is 3. The number of amides is 2. The Morgan fingerprint density at radius 1 is 1.31 bits per heavy atom. The van der Waals surface area contributed by atoms with Crippen molar-refractivity contribution in [2.24, 2.45) is 17.2 Å². The lowest BCUT2D eigenvalue weighted by molar-refractivity contribution is -0.120. The summed E-state index contributed by atoms with van der Waals surface area (Å²) in [5, 5.41) is 8.42. The van der Waals surface area contributed by atoms with Crippen molar-refractivity contribution in [3.05, 3.63) is 0 Å². The number of carbonyl (C=O) groups is 2. The zero-order valence-electron chi connectivity index (χ0n) is 7.86. The summed E-state index contributed by atoms with van der Waals surface area (Å²) in [5.74, 6) is -0.926. The van der Waals surface area contributed by atoms with Gasteiger partial charge in [0.1, 0.15) is 0 Å². The van der Waals surface area contributed by atoms with Crippen LogP contribution in [-0.2, 0) is 9.59 Å². The summed E-state index contributed by atoms with van der Waals surface area (Å²) in [5.41, 5.74) is 14.3. The highest BCUT2D eigenvalue weighted by molar-refractivity contribution is 5.78. The molecule has 0 bridgehead atoms. The van der Waals surface area contributed by atoms with E-state index in [0.29, 0.717) is 0 Å². The molecule has 0 heterocycles. The third-order valence-corrected chi connectivity index (χ3v) is 0.945. The Labute approximate surface area is 77.1 Å². The van der Waals surface area contributed by atoms with E-state index < -0.39 is 24.0 Å². The second-order valence-electron chi connectivity index (χ2n) is 2.71. The van der Waals surface area contributed by atoms with Gasteiger partial charge < -0.3 is 22.3 Å². The molecular formula is C7H17N3O3. The lowest BCUT2D eigenvalue weighted by atomic mass is 10.3. The third-order valence-electron chi connectivity index (χ3n) is 0.945. The Balaban J connectivity index is 0. The Kier molecular flexibility index (Phi) is 8.31. The fourth-order valence-corrected chi connectivity index (χ4v) is 0.291. The van der Waals surface area contributed by atoms with Crippen molar-refractivity contribution >= 4 is 11.8 Å². The lowest BCUT2D eigenvalue weighted by Crippen LogP contribution is -2.32. The number of primary amides is 2. The molecule has 0 spiro atoms. The second kappa shape index (κ2) is 7.51. The molecule has 0 aromatic rings. The molecule has 78 valence electrons. The Morgan fingerprint density at radius 3 is 1.62 bits per heavy atom. The fraction of sp³-hybridized carbons (Fsp3) is 0.714. The monoisotopic (exact) mass is 191 g/mol. The summed E-state index contributed by atoms with van der Waals surface area (Å²) in [6, 6.07) is -0.509. The number of aliphatic hydroxyl groups is 1. The van der Waals surface area contributed by atoms with Gasteiger partial charge in [-0.1, -0.05) is 0 Å². The van der Waals surface area contributed by atoms with Crippen molar-refractivity contribution in [1.82, 2.24) is 0 Å². The highest BCUT2D eigenvalue weighted by atomic mass is 16.3. The minimum absolute atomic E-state index is 0.0556. The minimum Gasteiger partial charge on any atom is -0.393 e. The second-order valence-corrected chi connectivity index (χ2v) is 2.71. The van der Waals surface area contributed by atoms with Crippen LogP contribution >= 0.6 is 0 Å². The van der Waals surface area contributed by atoms with E-state index in [2.05, 4.69) is 5.73 Å². The van der Waals surface area contributed by atoms with Crippen LogP contribution in [0.25, 0.3) is 0 Å². The van der Waals surface area contributed by atoms with Gasteiger partial charge in [0.15, 0.2) is 0 Å². The highest BCUT2D eigenvalue weighted by Gasteiger charge is 1.98. The summed E-state index contributed by atoms with van der Waals surface area (Å²) < 4.78 is 0. The van der Waals surface area contributed by atoms with E-state index >= 15 is 0 Å². The largest absolute Gasteiger partial charge is 0.393 e. The molecule has 0 radical (unpaired) electrons. The molecule has 2 atom stereocenters. The summed E-state index contributed by atoms with van der Waals surface area (Å²) >= 11 is 0. The van der Waals surface area contributed by atoms with Crippen molar-refractivity contribution in [2.45, 2.75) is 32.4 Å². The van der Waals surface area contributed by atoms with E-state index in [-0.39, 0.29) is 6.42 Å². The first-order chi connectivity index (χ1) is 5.77. The lowest BCUT2D eigenvalue weighted by Gasteiger charge is -1.95. The molecule has 0 aromatic carbocycles. The average Bonchev–Trinajstić information content (AvgIpc) is 1.84. The van der Waals surface area contributed by atoms with Crippen LogP contribution in [0.1, 0.15) is 20.3 Å². The normalized spacial score (nSPS) is 13.5. The Morgan fingerprint density at radius 2 is 1.62 bits per heavy atom. The number of aliphatic hydroxyl groups excluding tert-OH is 1. The van der Waals surface area contributed by atoms with E-state index in [0.717, 1.165) is 0 Å². The molecule has 2 amide bonds. The van der Waals surface area contributed by atoms with Crippen LogP contribution in [0.4, 0.5) is 0 Å². The predicted octanol–water partition coefficient (Wildman–Crippen LogP) is -1.94. The smallest absolute Gasteiger partial charge is 0.234 e. The van der Waals surface area contributed by atoms with Gasteiger partial charge in [0.05, 0.1) is 18.6 Å². The van der Waals surface area contributed by atoms with Crippen molar-refractivity contribution in [3.63, 3.8) is 0 Å². The number of carbonyl (C=O) groups excluding carboxylic acids is 2. The van der Waals surface area contributed by atoms with Gasteiger partial charge in [-0.25, -0.2) is 0 Å². The maximum atomic E-state index is 9.87. The standard InChI is InChI=1S/C4H9NO2.C3H8N2O/c1-3(6)2-4(5)7;1-2(4)3(5)6/h3,6H,2H2,1H3,(H2,5,7);2H,4H2,1H3,(H2,5,6). The molecule has 0 aromatic heterocycles. The van der Waals surface area contributed by atoms with Gasteiger partial charge in [0, 0.05) is 0 Å². The van der Waals surface area contributed by atoms with Gasteiger partial charge in [-0.2, -0.15) is 0 Å². The number of nitrogens with two attached hydrogens (primary N) is 3. The molecule has 0 saturated heterocycles. The quantitative estimate of drug-likeness (QED) is 0.413. The van der Waals surface area contributed by atoms with E-state index in [1.165, 1.54) is 6.92 Å². The van der Waals surface area contributed by atoms with Crippen molar-refractivity contribution in [3.8, 4) is 0 Å². The maximum Gasteiger partial charge on any atom is 0.234 e. The van der Waals surface area contributed by atoms with Crippen molar-refractivity contribution in [1.29, 1.82) is 0 Å². The first-order valence-electron chi connectivity index (χ1n) is 3.78. The van der Waals surface area contributed by atoms with Crippen LogP contribution in [0.5, 0.6) is 0 Å². The predicted molar refractivity (Wildman–Crippen MR) is 48.3 cm³/mol. The Hall–Kier alpha value is -1.14. The molecule has 0 saturated carbocycles. The van der Waals surface area contributed by atoms with Crippen molar-refractivity contribution < 1.29 is 14.7 Å². The molecule has 7 N–H and O–H groups in total. The van der Waals surface area contributed by atoms with Gasteiger partial charge in [0.2, 0.25) is 11.8 Å². The van der Waals surface area contributed by atoms with Crippen LogP contribution in [0, 0.1) is 0 Å². The highest BCUT2D eigenvalue weighted by Crippen LogP contribution is 1.84. The van der Waals surface area contributed by atoms with Gasteiger partial charge in [-0.05, 0) is 13.8 Å². The molecule has 0 aliphatic carbocycles. The third kappa shape index (κ3) is 18.1. The van der Waals surface area contributed by atoms with E-state index in [9.17, 15) is 9.59 Å². The number of hydrogen-bond donors (Lipinski definition) is 4. The van der Waals surface area contributed by atoms with Crippen LogP contribution in [0.15, 0.2) is 0 Å². The fourth-order valence-electron chi connectivity index (χ4n) is 0.291. The van der Waals surface area contributed by atoms with Gasteiger partial charge in [0.25, 0.3) is 0 Å². The van der Waals surface area contributed by atoms with E-state index in [1.807, 2.05) is 0 Å².